The molecule has 2 aliphatic rings. The summed E-state index contributed by atoms with van der Waals surface area (Å²) in [5.41, 5.74) is 0.869. The van der Waals surface area contributed by atoms with Gasteiger partial charge in [0.1, 0.15) is 5.60 Å². The normalized spacial score (nSPS) is 19.5. The molecule has 0 bridgehead atoms. The summed E-state index contributed by atoms with van der Waals surface area (Å²) in [4.78, 5) is 25.4. The second kappa shape index (κ2) is 10.5. The quantitative estimate of drug-likeness (QED) is 0.406. The van der Waals surface area contributed by atoms with E-state index in [1.165, 1.54) is 34.8 Å². The molecule has 1 amide bonds. The Morgan fingerprint density at radius 1 is 1.33 bits per heavy atom. The van der Waals surface area contributed by atoms with E-state index < -0.39 is 5.60 Å². The van der Waals surface area contributed by atoms with Crippen molar-refractivity contribution in [2.24, 2.45) is 4.99 Å². The Bertz CT molecular complexity index is 717. The van der Waals surface area contributed by atoms with E-state index in [-0.39, 0.29) is 12.1 Å². The van der Waals surface area contributed by atoms with Crippen LogP contribution in [0.2, 0.25) is 0 Å². The number of hydrogen-bond donors (Lipinski definition) is 2. The number of aromatic nitrogens is 1. The molecule has 0 radical (unpaired) electrons. The molecule has 1 unspecified atom stereocenters. The summed E-state index contributed by atoms with van der Waals surface area (Å²) in [5, 5.41) is 7.64. The number of aliphatic imine (C=N–C) groups is 1. The lowest BCUT2D eigenvalue weighted by Crippen LogP contribution is -2.44. The van der Waals surface area contributed by atoms with E-state index in [1.54, 1.807) is 0 Å². The summed E-state index contributed by atoms with van der Waals surface area (Å²) < 4.78 is 5.38. The van der Waals surface area contributed by atoms with Crippen molar-refractivity contribution < 1.29 is 9.53 Å². The van der Waals surface area contributed by atoms with Gasteiger partial charge in [0.05, 0.1) is 16.7 Å². The minimum Gasteiger partial charge on any atom is -0.444 e. The molecule has 2 N–H and O–H groups in total. The Kier molecular flexibility index (Phi) is 7.97. The fraction of sp³-hybridized carbons (Fsp3) is 0.773. The molecular weight excluding hydrogens is 398 g/mol. The standard InChI is InChI=1S/C22H37N5O2S/c1-5-23-20(27-14-12-16(15-27)25-21(28)29-22(2,3)4)24-13-8-11-19-26-17-9-6-7-10-18(17)30-19/h16H,5-15H2,1-4H3,(H,23,24)(H,25,28). The van der Waals surface area contributed by atoms with Crippen molar-refractivity contribution in [1.82, 2.24) is 20.5 Å². The zero-order chi connectivity index (χ0) is 21.6. The van der Waals surface area contributed by atoms with Crippen LogP contribution in [0.3, 0.4) is 0 Å². The number of guanidine groups is 1. The summed E-state index contributed by atoms with van der Waals surface area (Å²) in [6.45, 7) is 11.0. The summed E-state index contributed by atoms with van der Waals surface area (Å²) in [5.74, 6) is 0.935. The molecule has 1 aromatic heterocycles. The highest BCUT2D eigenvalue weighted by Gasteiger charge is 2.27. The van der Waals surface area contributed by atoms with Crippen LogP contribution >= 0.6 is 11.3 Å². The summed E-state index contributed by atoms with van der Waals surface area (Å²) in [6, 6.07) is 0.0883. The lowest BCUT2D eigenvalue weighted by Gasteiger charge is -2.23. The maximum absolute atomic E-state index is 12.0. The van der Waals surface area contributed by atoms with Gasteiger partial charge in [-0.25, -0.2) is 9.78 Å². The van der Waals surface area contributed by atoms with Crippen molar-refractivity contribution >= 4 is 23.4 Å². The zero-order valence-corrected chi connectivity index (χ0v) is 19.7. The predicted molar refractivity (Wildman–Crippen MR) is 122 cm³/mol. The second-order valence-electron chi connectivity index (χ2n) is 9.10. The van der Waals surface area contributed by atoms with Gasteiger partial charge in [-0.2, -0.15) is 0 Å². The van der Waals surface area contributed by atoms with Gasteiger partial charge in [0.25, 0.3) is 0 Å². The molecule has 3 rings (SSSR count). The number of carbonyl (C=O) groups excluding carboxylic acids is 1. The van der Waals surface area contributed by atoms with E-state index in [1.807, 2.05) is 32.1 Å². The van der Waals surface area contributed by atoms with Crippen LogP contribution in [0, 0.1) is 0 Å². The number of thiazole rings is 1. The molecule has 0 spiro atoms. The number of carbonyl (C=O) groups is 1. The third kappa shape index (κ3) is 6.86. The smallest absolute Gasteiger partial charge is 0.407 e. The van der Waals surface area contributed by atoms with Gasteiger partial charge in [0.2, 0.25) is 0 Å². The molecule has 7 nitrogen and oxygen atoms in total. The van der Waals surface area contributed by atoms with Crippen molar-refractivity contribution in [2.75, 3.05) is 26.2 Å². The molecule has 1 atom stereocenters. The molecule has 0 saturated carbocycles. The van der Waals surface area contributed by atoms with Crippen LogP contribution in [0.4, 0.5) is 4.79 Å². The largest absolute Gasteiger partial charge is 0.444 e. The molecule has 1 fully saturated rings. The van der Waals surface area contributed by atoms with E-state index in [4.69, 9.17) is 14.7 Å². The first-order valence-corrected chi connectivity index (χ1v) is 12.2. The molecule has 1 aromatic rings. The molecule has 0 aromatic carbocycles. The first-order valence-electron chi connectivity index (χ1n) is 11.3. The second-order valence-corrected chi connectivity index (χ2v) is 10.3. The van der Waals surface area contributed by atoms with Crippen LogP contribution in [0.1, 0.15) is 69.0 Å². The van der Waals surface area contributed by atoms with Gasteiger partial charge in [-0.3, -0.25) is 4.99 Å². The topological polar surface area (TPSA) is 78.9 Å². The molecule has 1 aliphatic heterocycles. The van der Waals surface area contributed by atoms with Gasteiger partial charge in [-0.05, 0) is 66.2 Å². The van der Waals surface area contributed by atoms with Gasteiger partial charge < -0.3 is 20.3 Å². The number of nitrogens with zero attached hydrogens (tertiary/aromatic N) is 3. The van der Waals surface area contributed by atoms with Crippen molar-refractivity contribution in [3.63, 3.8) is 0 Å². The molecule has 1 aliphatic carbocycles. The van der Waals surface area contributed by atoms with Gasteiger partial charge in [-0.15, -0.1) is 11.3 Å². The first kappa shape index (κ1) is 22.8. The van der Waals surface area contributed by atoms with E-state index >= 15 is 0 Å². The predicted octanol–water partition coefficient (Wildman–Crippen LogP) is 3.52. The Labute approximate surface area is 184 Å². The van der Waals surface area contributed by atoms with Crippen LogP contribution in [-0.2, 0) is 24.0 Å². The number of aryl methyl sites for hydroxylation is 3. The van der Waals surface area contributed by atoms with E-state index in [0.717, 1.165) is 57.8 Å². The summed E-state index contributed by atoms with van der Waals surface area (Å²) in [7, 11) is 0. The number of likely N-dealkylation sites (tertiary alicyclic amines) is 1. The molecule has 168 valence electrons. The third-order valence-corrected chi connectivity index (χ3v) is 6.46. The van der Waals surface area contributed by atoms with Crippen molar-refractivity contribution in [1.29, 1.82) is 0 Å². The van der Waals surface area contributed by atoms with E-state index in [2.05, 4.69) is 22.5 Å². The highest BCUT2D eigenvalue weighted by molar-refractivity contribution is 7.11. The minimum atomic E-state index is -0.477. The number of nitrogens with one attached hydrogen (secondary N) is 2. The SMILES string of the molecule is CCNC(=NCCCc1nc2c(s1)CCCC2)N1CCC(NC(=O)OC(C)(C)C)C1. The number of alkyl carbamates (subject to hydrolysis) is 1. The van der Waals surface area contributed by atoms with Gasteiger partial charge >= 0.3 is 6.09 Å². The Balaban J connectivity index is 1.46. The number of fused-ring (bicyclic) bond motifs is 1. The van der Waals surface area contributed by atoms with Gasteiger partial charge in [0.15, 0.2) is 5.96 Å². The molecule has 1 saturated heterocycles. The van der Waals surface area contributed by atoms with Crippen LogP contribution in [-0.4, -0.2) is 59.8 Å². The first-order chi connectivity index (χ1) is 14.3. The van der Waals surface area contributed by atoms with Gasteiger partial charge in [-0.1, -0.05) is 0 Å². The Morgan fingerprint density at radius 2 is 2.13 bits per heavy atom. The average Bonchev–Trinajstić information content (AvgIpc) is 3.29. The van der Waals surface area contributed by atoms with Crippen LogP contribution in [0.15, 0.2) is 4.99 Å². The fourth-order valence-electron chi connectivity index (χ4n) is 3.90. The van der Waals surface area contributed by atoms with Crippen molar-refractivity contribution in [3.05, 3.63) is 15.6 Å². The molecule has 2 heterocycles. The maximum Gasteiger partial charge on any atom is 0.407 e. The van der Waals surface area contributed by atoms with E-state index in [0.29, 0.717) is 0 Å². The summed E-state index contributed by atoms with van der Waals surface area (Å²) in [6.07, 6.45) is 7.52. The number of ether oxygens (including phenoxy) is 1. The fourth-order valence-corrected chi connectivity index (χ4v) is 5.10. The van der Waals surface area contributed by atoms with Crippen molar-refractivity contribution in [2.45, 2.75) is 84.3 Å². The summed E-state index contributed by atoms with van der Waals surface area (Å²) >= 11 is 1.90. The molecule has 8 heteroatoms. The van der Waals surface area contributed by atoms with Gasteiger partial charge in [0, 0.05) is 37.5 Å². The van der Waals surface area contributed by atoms with Crippen LogP contribution in [0.25, 0.3) is 0 Å². The van der Waals surface area contributed by atoms with Crippen molar-refractivity contribution in [3.8, 4) is 0 Å². The Hall–Kier alpha value is -1.83. The highest BCUT2D eigenvalue weighted by atomic mass is 32.1. The molecular formula is C22H37N5O2S. The monoisotopic (exact) mass is 435 g/mol. The maximum atomic E-state index is 12.0. The number of rotatable bonds is 6. The average molecular weight is 436 g/mol. The minimum absolute atomic E-state index is 0.0883. The zero-order valence-electron chi connectivity index (χ0n) is 18.9. The number of amides is 1. The van der Waals surface area contributed by atoms with Crippen LogP contribution < -0.4 is 10.6 Å². The Morgan fingerprint density at radius 3 is 2.87 bits per heavy atom. The highest BCUT2D eigenvalue weighted by Crippen LogP contribution is 2.27. The lowest BCUT2D eigenvalue weighted by atomic mass is 10.0. The number of hydrogen-bond acceptors (Lipinski definition) is 5. The molecule has 30 heavy (non-hydrogen) atoms. The van der Waals surface area contributed by atoms with E-state index in [9.17, 15) is 4.79 Å². The van der Waals surface area contributed by atoms with Crippen LogP contribution in [0.5, 0.6) is 0 Å². The lowest BCUT2D eigenvalue weighted by molar-refractivity contribution is 0.0507. The third-order valence-electron chi connectivity index (χ3n) is 5.24.